The van der Waals surface area contributed by atoms with Gasteiger partial charge in [0, 0.05) is 39.1 Å². The number of aliphatic hydroxyl groups is 2. The van der Waals surface area contributed by atoms with Gasteiger partial charge in [0.1, 0.15) is 23.1 Å². The maximum atomic E-state index is 16.3. The monoisotopic (exact) mass is 1250 g/mol. The van der Waals surface area contributed by atoms with E-state index in [2.05, 4.69) is 234 Å². The van der Waals surface area contributed by atoms with E-state index in [4.69, 9.17) is 0 Å². The van der Waals surface area contributed by atoms with Crippen molar-refractivity contribution in [1.82, 2.24) is 9.13 Å². The first-order chi connectivity index (χ1) is 42.7. The highest BCUT2D eigenvalue weighted by molar-refractivity contribution is 6.11. The van der Waals surface area contributed by atoms with E-state index < -0.39 is 34.2 Å². The Morgan fingerprint density at radius 2 is 0.731 bits per heavy atom. The largest absolute Gasteiger partial charge is 0.505 e. The lowest BCUT2D eigenvalue weighted by Gasteiger charge is -2.42. The summed E-state index contributed by atoms with van der Waals surface area (Å²) in [5.41, 5.74) is 7.83. The number of rotatable bonds is 13. The molecule has 2 aromatic heterocycles. The molecule has 2 heterocycles. The third-order valence-electron chi connectivity index (χ3n) is 19.6. The van der Waals surface area contributed by atoms with Crippen LogP contribution in [0.4, 0.5) is 8.78 Å². The van der Waals surface area contributed by atoms with Gasteiger partial charge in [-0.2, -0.15) is 0 Å². The van der Waals surface area contributed by atoms with E-state index in [0.29, 0.717) is 46.5 Å². The summed E-state index contributed by atoms with van der Waals surface area (Å²) in [4.78, 5) is 0. The minimum Gasteiger partial charge on any atom is -0.505 e. The van der Waals surface area contributed by atoms with E-state index in [1.807, 2.05) is 19.1 Å². The van der Waals surface area contributed by atoms with E-state index in [0.717, 1.165) is 54.7 Å². The Bertz CT molecular complexity index is 4400. The van der Waals surface area contributed by atoms with Gasteiger partial charge >= 0.3 is 0 Å². The summed E-state index contributed by atoms with van der Waals surface area (Å²) < 4.78 is 36.8. The van der Waals surface area contributed by atoms with E-state index in [-0.39, 0.29) is 68.0 Å². The Hall–Kier alpha value is -7.26. The number of fused-ring (bicyclic) bond motifs is 6. The molecule has 2 atom stereocenters. The summed E-state index contributed by atoms with van der Waals surface area (Å²) in [6.45, 7) is 50.3. The maximum Gasteiger partial charge on any atom is 0.147 e. The Kier molecular flexibility index (Phi) is 17.2. The van der Waals surface area contributed by atoms with Crippen molar-refractivity contribution in [2.24, 2.45) is 10.8 Å². The first kappa shape index (κ1) is 68.6. The standard InChI is InChI=1S/C85H104F2N2O4/c1-24-85(93,74-63(84(22,23)49-78(5,6)7)46-69(76(92)72(74)51-28-26-30-57(87)40-51)89-66-37-33-54(81(14,15)16)43-60(66)61-44-55(82(17,18)19)34-38-67(61)89)47-70(90)73-62(83(20,21)48-77(2,3)4)45-68(75(91)71(73)50-27-25-29-56(86)39-50)88-64-35-31-52(79(8,9)10)41-58(64)59-42-53(80(11,12)13)32-36-65(59)88/h25-46,70,90-93H,24,47-49H2,1-23H3. The zero-order chi connectivity index (χ0) is 68.6. The molecule has 0 radical (unpaired) electrons. The van der Waals surface area contributed by atoms with Gasteiger partial charge in [0.2, 0.25) is 0 Å². The first-order valence-corrected chi connectivity index (χ1v) is 33.7. The highest BCUT2D eigenvalue weighted by Crippen LogP contribution is 2.57. The smallest absolute Gasteiger partial charge is 0.147 e. The van der Waals surface area contributed by atoms with Crippen molar-refractivity contribution in [2.75, 3.05) is 0 Å². The van der Waals surface area contributed by atoms with Gasteiger partial charge in [0.15, 0.2) is 0 Å². The molecule has 10 rings (SSSR count). The van der Waals surface area contributed by atoms with Crippen LogP contribution in [0.3, 0.4) is 0 Å². The predicted molar refractivity (Wildman–Crippen MR) is 388 cm³/mol. The fourth-order valence-corrected chi connectivity index (χ4v) is 15.6. The molecule has 4 N–H and O–H groups in total. The highest BCUT2D eigenvalue weighted by Gasteiger charge is 2.45. The number of phenols is 2. The van der Waals surface area contributed by atoms with Crippen molar-refractivity contribution in [3.05, 3.63) is 190 Å². The van der Waals surface area contributed by atoms with Gasteiger partial charge in [-0.05, 0) is 203 Å². The van der Waals surface area contributed by atoms with Crippen LogP contribution in [0.2, 0.25) is 0 Å². The normalized spacial score (nSPS) is 14.5. The third kappa shape index (κ3) is 13.1. The van der Waals surface area contributed by atoms with Crippen molar-refractivity contribution in [2.45, 2.75) is 229 Å². The van der Waals surface area contributed by atoms with Crippen LogP contribution in [0, 0.1) is 22.5 Å². The summed E-state index contributed by atoms with van der Waals surface area (Å²) in [7, 11) is 0. The zero-order valence-corrected chi connectivity index (χ0v) is 60.0. The van der Waals surface area contributed by atoms with Gasteiger partial charge in [-0.15, -0.1) is 0 Å². The van der Waals surface area contributed by atoms with Crippen molar-refractivity contribution in [3.8, 4) is 45.1 Å². The van der Waals surface area contributed by atoms with Crippen LogP contribution in [-0.4, -0.2) is 29.6 Å². The fourth-order valence-electron chi connectivity index (χ4n) is 15.6. The van der Waals surface area contributed by atoms with Gasteiger partial charge in [-0.3, -0.25) is 0 Å². The number of aromatic nitrogens is 2. The van der Waals surface area contributed by atoms with Crippen LogP contribution in [0.1, 0.15) is 236 Å². The average molecular weight is 1260 g/mol. The lowest BCUT2D eigenvalue weighted by Crippen LogP contribution is -2.35. The van der Waals surface area contributed by atoms with Crippen molar-refractivity contribution in [3.63, 3.8) is 0 Å². The number of halogens is 2. The second kappa shape index (κ2) is 23.3. The molecule has 2 unspecified atom stereocenters. The molecule has 0 amide bonds. The third-order valence-corrected chi connectivity index (χ3v) is 19.6. The Balaban J connectivity index is 1.32. The summed E-state index contributed by atoms with van der Waals surface area (Å²) in [5, 5.41) is 60.2. The van der Waals surface area contributed by atoms with Crippen LogP contribution in [0.15, 0.2) is 133 Å². The average Bonchev–Trinajstić information content (AvgIpc) is 1.71. The summed E-state index contributed by atoms with van der Waals surface area (Å²) in [6, 6.07) is 42.8. The number of hydrogen-bond acceptors (Lipinski definition) is 4. The number of benzene rings is 8. The van der Waals surface area contributed by atoms with Crippen molar-refractivity contribution >= 4 is 43.6 Å². The van der Waals surface area contributed by atoms with E-state index in [1.54, 1.807) is 24.3 Å². The maximum absolute atomic E-state index is 16.3. The molecule has 10 aromatic rings. The molecular formula is C85H104F2N2O4. The molecule has 0 saturated carbocycles. The molecule has 93 heavy (non-hydrogen) atoms. The fraction of sp³-hybridized carbons (Fsp3) is 0.435. The molecule has 0 aliphatic carbocycles. The number of aliphatic hydroxyl groups excluding tert-OH is 1. The van der Waals surface area contributed by atoms with Gasteiger partial charge in [0.25, 0.3) is 0 Å². The topological polar surface area (TPSA) is 90.8 Å². The molecule has 0 bridgehead atoms. The summed E-state index contributed by atoms with van der Waals surface area (Å²) in [6.07, 6.45) is -0.593. The van der Waals surface area contributed by atoms with Crippen molar-refractivity contribution < 1.29 is 29.2 Å². The molecule has 8 aromatic carbocycles. The van der Waals surface area contributed by atoms with Crippen molar-refractivity contribution in [1.29, 1.82) is 0 Å². The van der Waals surface area contributed by atoms with Crippen LogP contribution < -0.4 is 0 Å². The number of nitrogens with zero attached hydrogens (tertiary/aromatic N) is 2. The second-order valence-electron chi connectivity index (χ2n) is 35.1. The van der Waals surface area contributed by atoms with Crippen LogP contribution in [0.25, 0.3) is 77.2 Å². The molecule has 0 fully saturated rings. The highest BCUT2D eigenvalue weighted by atomic mass is 19.1. The van der Waals surface area contributed by atoms with Gasteiger partial charge in [0.05, 0.1) is 45.1 Å². The minimum absolute atomic E-state index is 0.0405. The quantitative estimate of drug-likeness (QED) is 0.0926. The van der Waals surface area contributed by atoms with Gasteiger partial charge in [-0.25, -0.2) is 8.78 Å². The molecule has 0 aliphatic heterocycles. The molecular weight excluding hydrogens is 1150 g/mol. The van der Waals surface area contributed by atoms with Gasteiger partial charge in [-0.1, -0.05) is 208 Å². The van der Waals surface area contributed by atoms with Gasteiger partial charge < -0.3 is 29.6 Å². The molecule has 0 saturated heterocycles. The first-order valence-electron chi connectivity index (χ1n) is 33.7. The summed E-state index contributed by atoms with van der Waals surface area (Å²) >= 11 is 0. The van der Waals surface area contributed by atoms with Crippen LogP contribution >= 0.6 is 0 Å². The number of aromatic hydroxyl groups is 2. The predicted octanol–water partition coefficient (Wildman–Crippen LogP) is 23.2. The molecule has 8 heteroatoms. The number of phenolic OH excluding ortho intramolecular Hbond substituents is 2. The second-order valence-corrected chi connectivity index (χ2v) is 35.1. The lowest BCUT2D eigenvalue weighted by atomic mass is 9.65. The molecule has 0 spiro atoms. The van der Waals surface area contributed by atoms with Crippen LogP contribution in [0.5, 0.6) is 11.5 Å². The molecule has 492 valence electrons. The van der Waals surface area contributed by atoms with E-state index in [1.165, 1.54) is 46.5 Å². The SMILES string of the molecule is CCC(O)(CC(O)c1c(C(C)(C)CC(C)(C)C)cc(-n2c3ccc(C(C)(C)C)cc3c3cc(C(C)(C)C)ccc32)c(O)c1-c1cccc(F)c1)c1c(C(C)(C)CC(C)(C)C)cc(-n2c3ccc(C(C)(C)C)cc3c3cc(C(C)(C)C)ccc32)c(O)c1-c1cccc(F)c1. The summed E-state index contributed by atoms with van der Waals surface area (Å²) in [5.74, 6) is -1.36. The number of hydrogen-bond donors (Lipinski definition) is 4. The molecule has 6 nitrogen and oxygen atoms in total. The minimum atomic E-state index is -1.98. The zero-order valence-electron chi connectivity index (χ0n) is 60.0. The van der Waals surface area contributed by atoms with Crippen LogP contribution in [-0.2, 0) is 38.1 Å². The Morgan fingerprint density at radius 3 is 1.05 bits per heavy atom. The van der Waals surface area contributed by atoms with E-state index in [9.17, 15) is 20.4 Å². The van der Waals surface area contributed by atoms with E-state index >= 15 is 8.78 Å². The Labute approximate surface area is 553 Å². The molecule has 0 aliphatic rings. The Morgan fingerprint density at radius 1 is 0.409 bits per heavy atom. The lowest BCUT2D eigenvalue weighted by molar-refractivity contribution is -0.0209.